The highest BCUT2D eigenvalue weighted by Crippen LogP contribution is 2.69. The fourth-order valence-electron chi connectivity index (χ4n) is 22.9. The third kappa shape index (κ3) is 10.2. The number of hydrogen-bond donors (Lipinski definition) is 0. The lowest BCUT2D eigenvalue weighted by Crippen LogP contribution is -2.60. The smallest absolute Gasteiger partial charge is 0.0318 e. The first-order valence-corrected chi connectivity index (χ1v) is 32.1. The van der Waals surface area contributed by atoms with Crippen molar-refractivity contribution in [2.45, 2.75) is 278 Å². The summed E-state index contributed by atoms with van der Waals surface area (Å²) in [5.74, 6) is 23.7. The number of unbranched alkanes of at least 4 members (excludes halogenated alkanes) is 1. The minimum absolute atomic E-state index is 0.925. The molecular formula is C65H112. The van der Waals surface area contributed by atoms with Crippen molar-refractivity contribution in [1.29, 1.82) is 0 Å². The Balaban J connectivity index is 0.911. The summed E-state index contributed by atoms with van der Waals surface area (Å²) in [7, 11) is 0. The van der Waals surface area contributed by atoms with E-state index in [1.165, 1.54) is 44.9 Å². The summed E-state index contributed by atoms with van der Waals surface area (Å²) in [5, 5.41) is 0. The van der Waals surface area contributed by atoms with E-state index >= 15 is 0 Å². The molecule has 65 heavy (non-hydrogen) atoms. The molecule has 0 aromatic carbocycles. The van der Waals surface area contributed by atoms with Crippen molar-refractivity contribution in [2.24, 2.45) is 130 Å². The molecule has 0 heteroatoms. The van der Waals surface area contributed by atoms with Crippen LogP contribution in [0.15, 0.2) is 0 Å². The molecule has 10 fully saturated rings. The first-order valence-electron chi connectivity index (χ1n) is 32.1. The monoisotopic (exact) mass is 893 g/mol. The van der Waals surface area contributed by atoms with Crippen LogP contribution in [-0.2, 0) is 0 Å². The summed E-state index contributed by atoms with van der Waals surface area (Å²) in [6.07, 6.45) is 61.7. The van der Waals surface area contributed by atoms with Crippen LogP contribution in [0.1, 0.15) is 278 Å². The average Bonchev–Trinajstić information content (AvgIpc) is 3.37. The Hall–Kier alpha value is 0. The summed E-state index contributed by atoms with van der Waals surface area (Å²) in [6, 6.07) is 0. The predicted molar refractivity (Wildman–Crippen MR) is 280 cm³/mol. The number of fused-ring (bicyclic) bond motifs is 4. The van der Waals surface area contributed by atoms with E-state index in [0.29, 0.717) is 0 Å². The molecule has 0 aromatic heterocycles. The van der Waals surface area contributed by atoms with E-state index in [4.69, 9.17) is 0 Å². The predicted octanol–water partition coefficient (Wildman–Crippen LogP) is 20.0. The number of rotatable bonds is 14. The van der Waals surface area contributed by atoms with Gasteiger partial charge in [-0.05, 0) is 233 Å². The highest BCUT2D eigenvalue weighted by atomic mass is 14.7. The molecule has 372 valence electrons. The third-order valence-corrected chi connectivity index (χ3v) is 25.4. The van der Waals surface area contributed by atoms with Gasteiger partial charge in [-0.3, -0.25) is 0 Å². The van der Waals surface area contributed by atoms with Crippen molar-refractivity contribution in [3.05, 3.63) is 0 Å². The van der Waals surface area contributed by atoms with Crippen molar-refractivity contribution < 1.29 is 0 Å². The molecule has 9 unspecified atom stereocenters. The van der Waals surface area contributed by atoms with Crippen molar-refractivity contribution in [1.82, 2.24) is 0 Å². The number of hydrogen-bond acceptors (Lipinski definition) is 0. The summed E-state index contributed by atoms with van der Waals surface area (Å²) < 4.78 is 0. The van der Waals surface area contributed by atoms with Crippen LogP contribution in [-0.4, -0.2) is 0 Å². The zero-order valence-corrected chi connectivity index (χ0v) is 44.3. The molecule has 10 rings (SSSR count). The van der Waals surface area contributed by atoms with Crippen molar-refractivity contribution in [3.8, 4) is 0 Å². The van der Waals surface area contributed by atoms with Crippen LogP contribution in [0.2, 0.25) is 0 Å². The lowest BCUT2D eigenvalue weighted by atomic mass is 9.38. The molecule has 0 aliphatic heterocycles. The largest absolute Gasteiger partial charge is 0.0654 e. The minimum Gasteiger partial charge on any atom is -0.0654 e. The Morgan fingerprint density at radius 1 is 0.308 bits per heavy atom. The SMILES string of the molecule is CCCC[C@H](CC)[C@H](C)CC[C@H](C)[C@@H]1CCCCC1C1[C@@H]2CCCCC2C(C2C3CCCC[C@@H]3C([C@H]3CCCCC3C3CCC(C4CCCCC4)CC3)[C@@H]3CCCC[C@H]23)C2CCCC[C@@H]21. The van der Waals surface area contributed by atoms with Gasteiger partial charge >= 0.3 is 0 Å². The van der Waals surface area contributed by atoms with Gasteiger partial charge in [0.1, 0.15) is 0 Å². The standard InChI is InChI=1S/C65H112/c1-5-7-23-46(6-2)44(3)38-39-45(4)50-26-11-13-28-52(50)62-54-30-15-19-34-58(54)64(59-35-20-16-31-55(59)62)65-60-36-21-17-32-56(60)63(57-33-18-22-37-61(57)65)53-29-14-12-27-51(53)49-42-40-48(41-43-49)47-24-9-8-10-25-47/h44-65H,5-43H2,1-4H3/t44-,45+,46+,48?,49?,50+,51?,52?,53+,54-,55+,56-,57+,58?,59?,60+,61?,62?,63?,64?,65?/m1/s1. The van der Waals surface area contributed by atoms with E-state index in [0.717, 1.165) is 130 Å². The average molecular weight is 894 g/mol. The third-order valence-electron chi connectivity index (χ3n) is 25.4. The van der Waals surface area contributed by atoms with Crippen LogP contribution < -0.4 is 0 Å². The molecule has 0 radical (unpaired) electrons. The van der Waals surface area contributed by atoms with Crippen molar-refractivity contribution >= 4 is 0 Å². The van der Waals surface area contributed by atoms with Crippen LogP contribution in [0.3, 0.4) is 0 Å². The maximum absolute atomic E-state index is 2.80. The molecular weight excluding hydrogens is 781 g/mol. The second-order valence-electron chi connectivity index (χ2n) is 27.9. The first-order chi connectivity index (χ1) is 32.1. The molecule has 10 saturated carbocycles. The van der Waals surface area contributed by atoms with Crippen LogP contribution in [0.4, 0.5) is 0 Å². The van der Waals surface area contributed by atoms with Gasteiger partial charge in [0.05, 0.1) is 0 Å². The van der Waals surface area contributed by atoms with Gasteiger partial charge in [0.15, 0.2) is 0 Å². The Morgan fingerprint density at radius 3 is 1.12 bits per heavy atom. The Bertz CT molecular complexity index is 1350. The van der Waals surface area contributed by atoms with Gasteiger partial charge in [-0.1, -0.05) is 175 Å². The van der Waals surface area contributed by atoms with Gasteiger partial charge < -0.3 is 0 Å². The van der Waals surface area contributed by atoms with E-state index in [1.54, 1.807) is 205 Å². The Kier molecular flexibility index (Phi) is 17.2. The molecule has 0 heterocycles. The second-order valence-corrected chi connectivity index (χ2v) is 27.9. The van der Waals surface area contributed by atoms with Gasteiger partial charge in [0.2, 0.25) is 0 Å². The van der Waals surface area contributed by atoms with E-state index < -0.39 is 0 Å². The fourth-order valence-corrected chi connectivity index (χ4v) is 22.9. The maximum Gasteiger partial charge on any atom is -0.0318 e. The summed E-state index contributed by atoms with van der Waals surface area (Å²) in [6.45, 7) is 10.4. The zero-order chi connectivity index (χ0) is 44.3. The van der Waals surface area contributed by atoms with Crippen LogP contribution in [0.5, 0.6) is 0 Å². The summed E-state index contributed by atoms with van der Waals surface area (Å²) in [4.78, 5) is 0. The fraction of sp³-hybridized carbons (Fsp3) is 1.00. The molecule has 10 aliphatic rings. The van der Waals surface area contributed by atoms with E-state index in [2.05, 4.69) is 27.7 Å². The van der Waals surface area contributed by atoms with Crippen LogP contribution in [0.25, 0.3) is 0 Å². The topological polar surface area (TPSA) is 0 Å². The van der Waals surface area contributed by atoms with Gasteiger partial charge in [-0.25, -0.2) is 0 Å². The van der Waals surface area contributed by atoms with Crippen molar-refractivity contribution in [2.75, 3.05) is 0 Å². The highest BCUT2D eigenvalue weighted by Gasteiger charge is 2.62. The highest BCUT2D eigenvalue weighted by molar-refractivity contribution is 5.11. The quantitative estimate of drug-likeness (QED) is 0.163. The molecule has 19 atom stereocenters. The van der Waals surface area contributed by atoms with Gasteiger partial charge in [-0.2, -0.15) is 0 Å². The second kappa shape index (κ2) is 23.0. The molecule has 0 spiro atoms. The lowest BCUT2D eigenvalue weighted by molar-refractivity contribution is -0.181. The van der Waals surface area contributed by atoms with Crippen LogP contribution >= 0.6 is 0 Å². The normalized spacial score (nSPS) is 46.7. The van der Waals surface area contributed by atoms with Gasteiger partial charge in [0.25, 0.3) is 0 Å². The first kappa shape index (κ1) is 48.6. The van der Waals surface area contributed by atoms with Crippen molar-refractivity contribution in [3.63, 3.8) is 0 Å². The minimum atomic E-state index is 0.925. The molecule has 0 aromatic rings. The molecule has 0 bridgehead atoms. The molecule has 0 amide bonds. The van der Waals surface area contributed by atoms with Crippen LogP contribution in [0, 0.1) is 130 Å². The van der Waals surface area contributed by atoms with Gasteiger partial charge in [0, 0.05) is 0 Å². The maximum atomic E-state index is 2.80. The van der Waals surface area contributed by atoms with E-state index in [-0.39, 0.29) is 0 Å². The summed E-state index contributed by atoms with van der Waals surface area (Å²) in [5.41, 5.74) is 0. The molecule has 10 aliphatic carbocycles. The molecule has 0 nitrogen and oxygen atoms in total. The molecule has 0 saturated heterocycles. The van der Waals surface area contributed by atoms with E-state index in [1.807, 2.05) is 0 Å². The van der Waals surface area contributed by atoms with Gasteiger partial charge in [-0.15, -0.1) is 0 Å². The molecule has 0 N–H and O–H groups in total. The lowest BCUT2D eigenvalue weighted by Gasteiger charge is -2.66. The summed E-state index contributed by atoms with van der Waals surface area (Å²) >= 11 is 0. The zero-order valence-electron chi connectivity index (χ0n) is 44.3. The Labute approximate surface area is 406 Å². The Morgan fingerprint density at radius 2 is 0.662 bits per heavy atom. The van der Waals surface area contributed by atoms with E-state index in [9.17, 15) is 0 Å².